The standard InChI is InChI=1S/C19H26N2OS.C2HF3O2/c1-15-6-5-10-21(13-15)11-9-19(22)20(2)14-17-12-16-7-3-4-8-18(16)23-17;3-2(4,5)1(6)7/h3-4,7-8,12,15H,5-6,9-11,13-14H2,1-2H3;(H,6,7). The zero-order valence-electron chi connectivity index (χ0n) is 17.1. The van der Waals surface area contributed by atoms with Crippen LogP contribution in [0, 0.1) is 5.92 Å². The Morgan fingerprint density at radius 3 is 2.57 bits per heavy atom. The maximum Gasteiger partial charge on any atom is 0.490 e. The van der Waals surface area contributed by atoms with Crippen molar-refractivity contribution in [3.8, 4) is 0 Å². The number of carboxylic acid groups (broad SMARTS) is 1. The molecule has 1 N–H and O–H groups in total. The molecule has 5 nitrogen and oxygen atoms in total. The topological polar surface area (TPSA) is 60.9 Å². The van der Waals surface area contributed by atoms with Crippen LogP contribution in [0.1, 0.15) is 31.1 Å². The highest BCUT2D eigenvalue weighted by Gasteiger charge is 2.38. The fraction of sp³-hybridized carbons (Fsp3) is 0.524. The van der Waals surface area contributed by atoms with Gasteiger partial charge < -0.3 is 14.9 Å². The molecule has 0 radical (unpaired) electrons. The molecule has 9 heteroatoms. The van der Waals surface area contributed by atoms with Crippen LogP contribution < -0.4 is 0 Å². The number of likely N-dealkylation sites (tertiary alicyclic amines) is 1. The van der Waals surface area contributed by atoms with Gasteiger partial charge in [0.15, 0.2) is 0 Å². The smallest absolute Gasteiger partial charge is 0.475 e. The van der Waals surface area contributed by atoms with Crippen molar-refractivity contribution in [3.05, 3.63) is 35.2 Å². The molecule has 1 fully saturated rings. The molecule has 0 spiro atoms. The second kappa shape index (κ2) is 10.8. The van der Waals surface area contributed by atoms with Crippen LogP contribution in [0.25, 0.3) is 10.1 Å². The highest BCUT2D eigenvalue weighted by atomic mass is 32.1. The van der Waals surface area contributed by atoms with Crippen molar-refractivity contribution < 1.29 is 27.9 Å². The highest BCUT2D eigenvalue weighted by Crippen LogP contribution is 2.26. The number of rotatable bonds is 5. The summed E-state index contributed by atoms with van der Waals surface area (Å²) in [6.45, 7) is 6.22. The number of carbonyl (C=O) groups excluding carboxylic acids is 1. The molecule has 1 aliphatic heterocycles. The average molecular weight is 445 g/mol. The summed E-state index contributed by atoms with van der Waals surface area (Å²) < 4.78 is 33.0. The van der Waals surface area contributed by atoms with Crippen molar-refractivity contribution in [3.63, 3.8) is 0 Å². The highest BCUT2D eigenvalue weighted by molar-refractivity contribution is 7.19. The lowest BCUT2D eigenvalue weighted by Gasteiger charge is -2.31. The number of alkyl halides is 3. The largest absolute Gasteiger partial charge is 0.490 e. The number of hydrogen-bond acceptors (Lipinski definition) is 4. The van der Waals surface area contributed by atoms with E-state index in [1.165, 1.54) is 27.8 Å². The zero-order valence-corrected chi connectivity index (χ0v) is 17.9. The van der Waals surface area contributed by atoms with Gasteiger partial charge >= 0.3 is 12.1 Å². The van der Waals surface area contributed by atoms with Crippen molar-refractivity contribution >= 4 is 33.3 Å². The van der Waals surface area contributed by atoms with Crippen LogP contribution in [0.15, 0.2) is 30.3 Å². The third-order valence-electron chi connectivity index (χ3n) is 4.92. The number of carboxylic acids is 1. The van der Waals surface area contributed by atoms with Crippen molar-refractivity contribution in [1.29, 1.82) is 0 Å². The Labute approximate surface area is 178 Å². The molecular weight excluding hydrogens is 417 g/mol. The van der Waals surface area contributed by atoms with Gasteiger partial charge in [0.1, 0.15) is 0 Å². The van der Waals surface area contributed by atoms with Crippen molar-refractivity contribution in [2.24, 2.45) is 5.92 Å². The number of nitrogens with zero attached hydrogens (tertiary/aromatic N) is 2. The maximum atomic E-state index is 12.4. The normalized spacial score (nSPS) is 17.3. The van der Waals surface area contributed by atoms with Crippen LogP contribution in [0.5, 0.6) is 0 Å². The SMILES string of the molecule is CC1CCCN(CCC(=O)N(C)Cc2cc3ccccc3s2)C1.O=C(O)C(F)(F)F. The fourth-order valence-corrected chi connectivity index (χ4v) is 4.49. The van der Waals surface area contributed by atoms with Crippen molar-refractivity contribution in [2.45, 2.75) is 38.9 Å². The first-order valence-electron chi connectivity index (χ1n) is 9.80. The second-order valence-electron chi connectivity index (χ2n) is 7.60. The summed E-state index contributed by atoms with van der Waals surface area (Å²) in [4.78, 5) is 26.9. The van der Waals surface area contributed by atoms with Gasteiger partial charge in [-0.05, 0) is 42.8 Å². The number of hydrogen-bond donors (Lipinski definition) is 1. The zero-order chi connectivity index (χ0) is 22.3. The van der Waals surface area contributed by atoms with E-state index >= 15 is 0 Å². The van der Waals surface area contributed by atoms with Gasteiger partial charge in [-0.3, -0.25) is 4.79 Å². The number of amides is 1. The Hall–Kier alpha value is -2.13. The molecule has 1 saturated heterocycles. The maximum absolute atomic E-state index is 12.4. The van der Waals surface area contributed by atoms with Gasteiger partial charge in [0.25, 0.3) is 0 Å². The molecule has 166 valence electrons. The van der Waals surface area contributed by atoms with E-state index < -0.39 is 12.1 Å². The summed E-state index contributed by atoms with van der Waals surface area (Å²) in [5.41, 5.74) is 0. The van der Waals surface area contributed by atoms with E-state index in [0.717, 1.165) is 25.6 Å². The molecule has 1 aromatic carbocycles. The number of halogens is 3. The predicted octanol–water partition coefficient (Wildman–Crippen LogP) is 4.62. The average Bonchev–Trinajstić information content (AvgIpc) is 3.08. The van der Waals surface area contributed by atoms with Crippen molar-refractivity contribution in [2.75, 3.05) is 26.7 Å². The van der Waals surface area contributed by atoms with Gasteiger partial charge in [-0.1, -0.05) is 25.1 Å². The molecule has 1 unspecified atom stereocenters. The Balaban J connectivity index is 0.000000396. The Bertz CT molecular complexity index is 820. The summed E-state index contributed by atoms with van der Waals surface area (Å²) in [5, 5.41) is 8.40. The number of piperidine rings is 1. The minimum absolute atomic E-state index is 0.251. The van der Waals surface area contributed by atoms with Crippen LogP contribution in [-0.4, -0.2) is 59.6 Å². The third kappa shape index (κ3) is 7.60. The van der Waals surface area contributed by atoms with E-state index in [2.05, 4.69) is 42.2 Å². The van der Waals surface area contributed by atoms with E-state index in [1.54, 1.807) is 11.3 Å². The third-order valence-corrected chi connectivity index (χ3v) is 6.02. The first-order chi connectivity index (χ1) is 14.1. The predicted molar refractivity (Wildman–Crippen MR) is 111 cm³/mol. The van der Waals surface area contributed by atoms with Crippen molar-refractivity contribution in [1.82, 2.24) is 9.80 Å². The number of benzene rings is 1. The minimum Gasteiger partial charge on any atom is -0.475 e. The number of carbonyl (C=O) groups is 2. The van der Waals surface area contributed by atoms with Gasteiger partial charge in [-0.15, -0.1) is 11.3 Å². The molecule has 30 heavy (non-hydrogen) atoms. The molecule has 0 aliphatic carbocycles. The minimum atomic E-state index is -5.08. The molecule has 1 amide bonds. The molecule has 2 heterocycles. The molecule has 0 saturated carbocycles. The Morgan fingerprint density at radius 1 is 1.30 bits per heavy atom. The summed E-state index contributed by atoms with van der Waals surface area (Å²) >= 11 is 1.79. The first-order valence-corrected chi connectivity index (χ1v) is 10.6. The Morgan fingerprint density at radius 2 is 1.97 bits per heavy atom. The number of fused-ring (bicyclic) bond motifs is 1. The van der Waals surface area contributed by atoms with Gasteiger partial charge in [-0.2, -0.15) is 13.2 Å². The molecule has 1 atom stereocenters. The molecule has 0 bridgehead atoms. The summed E-state index contributed by atoms with van der Waals surface area (Å²) in [5.74, 6) is -1.73. The van der Waals surface area contributed by atoms with Gasteiger partial charge in [0.05, 0.1) is 6.54 Å². The van der Waals surface area contributed by atoms with Gasteiger partial charge in [0, 0.05) is 36.1 Å². The van der Waals surface area contributed by atoms with Crippen LogP contribution >= 0.6 is 11.3 Å². The number of aliphatic carboxylic acids is 1. The van der Waals surface area contributed by atoms with E-state index in [4.69, 9.17) is 9.90 Å². The first kappa shape index (κ1) is 24.1. The summed E-state index contributed by atoms with van der Waals surface area (Å²) in [7, 11) is 1.92. The fourth-order valence-electron chi connectivity index (χ4n) is 3.37. The lowest BCUT2D eigenvalue weighted by atomic mass is 10.0. The Kier molecular flexibility index (Phi) is 8.66. The van der Waals surface area contributed by atoms with Gasteiger partial charge in [0.2, 0.25) is 5.91 Å². The lowest BCUT2D eigenvalue weighted by Crippen LogP contribution is -2.37. The van der Waals surface area contributed by atoms with E-state index in [9.17, 15) is 18.0 Å². The lowest BCUT2D eigenvalue weighted by molar-refractivity contribution is -0.192. The monoisotopic (exact) mass is 444 g/mol. The van der Waals surface area contributed by atoms with E-state index in [1.807, 2.05) is 11.9 Å². The second-order valence-corrected chi connectivity index (χ2v) is 8.77. The summed E-state index contributed by atoms with van der Waals surface area (Å²) in [6.07, 6.45) is -1.85. The van der Waals surface area contributed by atoms with Gasteiger partial charge in [-0.25, -0.2) is 4.79 Å². The molecule has 2 aromatic rings. The molecular formula is C21H27F3N2O3S. The van der Waals surface area contributed by atoms with Crippen LogP contribution in [0.2, 0.25) is 0 Å². The molecule has 1 aromatic heterocycles. The summed E-state index contributed by atoms with van der Waals surface area (Å²) in [6, 6.07) is 10.6. The van der Waals surface area contributed by atoms with Crippen LogP contribution in [0.3, 0.4) is 0 Å². The molecule has 3 rings (SSSR count). The number of thiophene rings is 1. The quantitative estimate of drug-likeness (QED) is 0.731. The van der Waals surface area contributed by atoms with E-state index in [0.29, 0.717) is 13.0 Å². The van der Waals surface area contributed by atoms with Crippen LogP contribution in [0.4, 0.5) is 13.2 Å². The van der Waals surface area contributed by atoms with Crippen LogP contribution in [-0.2, 0) is 16.1 Å². The van der Waals surface area contributed by atoms with E-state index in [-0.39, 0.29) is 5.91 Å². The molecule has 1 aliphatic rings.